The van der Waals surface area contributed by atoms with Crippen molar-refractivity contribution < 1.29 is 19.7 Å². The molecular weight excluding hydrogens is 801 g/mol. The van der Waals surface area contributed by atoms with Crippen LogP contribution in [0, 0.1) is 0 Å². The van der Waals surface area contributed by atoms with E-state index in [1.54, 1.807) is 0 Å². The van der Waals surface area contributed by atoms with Gasteiger partial charge in [0.15, 0.2) is 0 Å². The largest absolute Gasteiger partial charge is 0.505 e. The first-order chi connectivity index (χ1) is 31.4. The number of hydrogen-bond donors (Lipinski definition) is 2. The highest BCUT2D eigenvalue weighted by molar-refractivity contribution is 6.10. The second-order valence-corrected chi connectivity index (χ2v) is 19.1. The quantitative estimate of drug-likeness (QED) is 0.134. The van der Waals surface area contributed by atoms with E-state index in [9.17, 15) is 10.2 Å². The molecule has 8 aromatic carbocycles. The lowest BCUT2D eigenvalue weighted by Gasteiger charge is -2.24. The molecule has 0 aliphatic carbocycles. The molecule has 0 bridgehead atoms. The number of phenolic OH excluding ortho intramolecular Hbond substituents is 2. The minimum atomic E-state index is -0.198. The summed E-state index contributed by atoms with van der Waals surface area (Å²) in [4.78, 5) is 0. The van der Waals surface area contributed by atoms with Crippen molar-refractivity contribution in [3.05, 3.63) is 181 Å². The molecule has 0 unspecified atom stereocenters. The Bertz CT molecular complexity index is 3080. The van der Waals surface area contributed by atoms with Crippen LogP contribution in [0.25, 0.3) is 77.2 Å². The molecule has 0 fully saturated rings. The van der Waals surface area contributed by atoms with Gasteiger partial charge in [0.2, 0.25) is 0 Å². The molecule has 0 saturated heterocycles. The average molecular weight is 855 g/mol. The topological polar surface area (TPSA) is 68.8 Å². The molecule has 0 spiro atoms. The number of benzene rings is 8. The summed E-state index contributed by atoms with van der Waals surface area (Å²) in [6.07, 6.45) is 0.601. The molecule has 10 aromatic rings. The van der Waals surface area contributed by atoms with Crippen LogP contribution in [0.3, 0.4) is 0 Å². The summed E-state index contributed by atoms with van der Waals surface area (Å²) in [5.41, 5.74) is 10.5. The van der Waals surface area contributed by atoms with Gasteiger partial charge in [0, 0.05) is 50.2 Å². The van der Waals surface area contributed by atoms with E-state index in [1.165, 1.54) is 0 Å². The van der Waals surface area contributed by atoms with E-state index in [-0.39, 0.29) is 22.3 Å². The molecule has 65 heavy (non-hydrogen) atoms. The number of fused-ring (bicyclic) bond motifs is 6. The van der Waals surface area contributed by atoms with Crippen LogP contribution in [0.1, 0.15) is 59.1 Å². The maximum atomic E-state index is 12.3. The minimum Gasteiger partial charge on any atom is -0.505 e. The summed E-state index contributed by atoms with van der Waals surface area (Å²) < 4.78 is 17.5. The van der Waals surface area contributed by atoms with Gasteiger partial charge in [-0.1, -0.05) is 151 Å². The second-order valence-electron chi connectivity index (χ2n) is 19.1. The zero-order chi connectivity index (χ0) is 45.0. The van der Waals surface area contributed by atoms with Gasteiger partial charge >= 0.3 is 0 Å². The summed E-state index contributed by atoms with van der Waals surface area (Å²) in [6.45, 7) is 14.0. The van der Waals surface area contributed by atoms with E-state index in [2.05, 4.69) is 148 Å². The van der Waals surface area contributed by atoms with Crippen molar-refractivity contribution in [2.45, 2.75) is 58.8 Å². The molecule has 10 rings (SSSR count). The van der Waals surface area contributed by atoms with Gasteiger partial charge in [-0.2, -0.15) is 0 Å². The van der Waals surface area contributed by atoms with Crippen molar-refractivity contribution in [3.8, 4) is 56.6 Å². The molecule has 6 nitrogen and oxygen atoms in total. The normalized spacial score (nSPS) is 12.2. The van der Waals surface area contributed by atoms with Crippen LogP contribution in [-0.4, -0.2) is 32.6 Å². The van der Waals surface area contributed by atoms with Crippen molar-refractivity contribution in [1.82, 2.24) is 9.13 Å². The summed E-state index contributed by atoms with van der Waals surface area (Å²) >= 11 is 0. The zero-order valence-electron chi connectivity index (χ0n) is 37.9. The molecule has 0 aliphatic rings. The third-order valence-electron chi connectivity index (χ3n) is 12.7. The summed E-state index contributed by atoms with van der Waals surface area (Å²) in [6, 6.07) is 57.8. The lowest BCUT2D eigenvalue weighted by molar-refractivity contribution is 0.248. The number of hydrogen-bond acceptors (Lipinski definition) is 4. The van der Waals surface area contributed by atoms with Crippen molar-refractivity contribution in [2.24, 2.45) is 0 Å². The van der Waals surface area contributed by atoms with Crippen molar-refractivity contribution in [2.75, 3.05) is 13.2 Å². The lowest BCUT2D eigenvalue weighted by atomic mass is 9.84. The molecule has 0 atom stereocenters. The predicted octanol–water partition coefficient (Wildman–Crippen LogP) is 15.1. The van der Waals surface area contributed by atoms with Gasteiger partial charge in [-0.15, -0.1) is 0 Å². The third kappa shape index (κ3) is 7.43. The van der Waals surface area contributed by atoms with Crippen LogP contribution in [0.2, 0.25) is 0 Å². The van der Waals surface area contributed by atoms with Crippen molar-refractivity contribution in [3.63, 3.8) is 0 Å². The van der Waals surface area contributed by atoms with Crippen molar-refractivity contribution >= 4 is 43.6 Å². The standard InChI is InChI=1S/C59H54N2O4/c1-58(2,3)38-34-46(56(62)52(36-38)60-48-26-13-7-20-40(48)41-21-8-14-27-49(41)60)44-24-11-17-30-54(44)64-32-19-33-65-55-31-18-12-25-45(55)47-35-39(59(4,5)6)37-53(57(47)63)61-50-28-15-9-22-42(50)43-23-10-16-29-51(43)61/h7-18,20-31,34-37,62-63H,19,32-33H2,1-6H3. The number of aromatic hydroxyl groups is 2. The van der Waals surface area contributed by atoms with Crippen LogP contribution in [0.15, 0.2) is 170 Å². The van der Waals surface area contributed by atoms with Gasteiger partial charge in [0.1, 0.15) is 23.0 Å². The molecule has 0 aliphatic heterocycles. The Hall–Kier alpha value is -7.44. The Morgan fingerprint density at radius 1 is 0.385 bits per heavy atom. The van der Waals surface area contributed by atoms with Gasteiger partial charge in [0.25, 0.3) is 0 Å². The second kappa shape index (κ2) is 16.3. The van der Waals surface area contributed by atoms with Gasteiger partial charge < -0.3 is 28.8 Å². The molecule has 6 heteroatoms. The highest BCUT2D eigenvalue weighted by Gasteiger charge is 2.26. The van der Waals surface area contributed by atoms with Gasteiger partial charge in [-0.3, -0.25) is 0 Å². The van der Waals surface area contributed by atoms with Crippen molar-refractivity contribution in [1.29, 1.82) is 0 Å². The first kappa shape index (κ1) is 41.6. The Balaban J connectivity index is 0.945. The Morgan fingerprint density at radius 2 is 0.692 bits per heavy atom. The fraction of sp³-hybridized carbons (Fsp3) is 0.186. The van der Waals surface area contributed by atoms with Crippen LogP contribution in [0.4, 0.5) is 0 Å². The number of aromatic nitrogens is 2. The Labute approximate surface area is 380 Å². The number of nitrogens with zero attached hydrogens (tertiary/aromatic N) is 2. The smallest absolute Gasteiger partial charge is 0.147 e. The van der Waals surface area contributed by atoms with E-state index in [1.807, 2.05) is 72.8 Å². The van der Waals surface area contributed by atoms with Gasteiger partial charge in [-0.05, 0) is 82.6 Å². The number of phenols is 2. The summed E-state index contributed by atoms with van der Waals surface area (Å²) in [5.74, 6) is 1.76. The Kier molecular flexibility index (Phi) is 10.4. The van der Waals surface area contributed by atoms with Crippen LogP contribution < -0.4 is 9.47 Å². The van der Waals surface area contributed by atoms with Gasteiger partial charge in [-0.25, -0.2) is 0 Å². The molecular formula is C59H54N2O4. The molecule has 0 radical (unpaired) electrons. The zero-order valence-corrected chi connectivity index (χ0v) is 37.9. The number of rotatable bonds is 10. The third-order valence-corrected chi connectivity index (χ3v) is 12.7. The van der Waals surface area contributed by atoms with Gasteiger partial charge in [0.05, 0.1) is 46.7 Å². The molecule has 2 heterocycles. The molecule has 0 amide bonds. The lowest BCUT2D eigenvalue weighted by Crippen LogP contribution is -2.13. The number of ether oxygens (including phenoxy) is 2. The maximum Gasteiger partial charge on any atom is 0.147 e. The predicted molar refractivity (Wildman–Crippen MR) is 269 cm³/mol. The molecule has 0 saturated carbocycles. The highest BCUT2D eigenvalue weighted by atomic mass is 16.5. The molecule has 2 N–H and O–H groups in total. The van der Waals surface area contributed by atoms with Crippen LogP contribution >= 0.6 is 0 Å². The van der Waals surface area contributed by atoms with Crippen LogP contribution in [0.5, 0.6) is 23.0 Å². The molecule has 324 valence electrons. The van der Waals surface area contributed by atoms with E-state index in [4.69, 9.17) is 9.47 Å². The molecule has 2 aromatic heterocycles. The number of para-hydroxylation sites is 6. The first-order valence-electron chi connectivity index (χ1n) is 22.5. The van der Waals surface area contributed by atoms with E-state index in [0.29, 0.717) is 42.3 Å². The van der Waals surface area contributed by atoms with E-state index in [0.717, 1.165) is 77.2 Å². The Morgan fingerprint density at radius 3 is 1.03 bits per heavy atom. The van der Waals surface area contributed by atoms with Crippen LogP contribution in [-0.2, 0) is 10.8 Å². The highest BCUT2D eigenvalue weighted by Crippen LogP contribution is 2.47. The monoisotopic (exact) mass is 854 g/mol. The average Bonchev–Trinajstić information content (AvgIpc) is 3.82. The SMILES string of the molecule is CC(C)(C)c1cc(-c2ccccc2OCCCOc2ccccc2-c2cc(C(C)(C)C)cc(-n3c4ccccc4c4ccccc43)c2O)c(O)c(-n2c3ccccc3c3ccccc32)c1. The fourth-order valence-corrected chi connectivity index (χ4v) is 9.27. The van der Waals surface area contributed by atoms with E-state index < -0.39 is 0 Å². The minimum absolute atomic E-state index is 0.195. The first-order valence-corrected chi connectivity index (χ1v) is 22.5. The van der Waals surface area contributed by atoms with E-state index >= 15 is 0 Å². The fourth-order valence-electron chi connectivity index (χ4n) is 9.27. The summed E-state index contributed by atoms with van der Waals surface area (Å²) in [7, 11) is 0. The maximum absolute atomic E-state index is 12.3. The summed E-state index contributed by atoms with van der Waals surface area (Å²) in [5, 5.41) is 29.2.